The fourth-order valence-corrected chi connectivity index (χ4v) is 5.57. The van der Waals surface area contributed by atoms with Crippen molar-refractivity contribution >= 4 is 44.6 Å². The number of rotatable bonds is 5. The first-order valence-corrected chi connectivity index (χ1v) is 10.2. The van der Waals surface area contributed by atoms with Crippen molar-refractivity contribution in [2.45, 2.75) is 10.9 Å². The molecule has 0 saturated heterocycles. The molecule has 0 aliphatic heterocycles. The van der Waals surface area contributed by atoms with Crippen LogP contribution in [0, 0.1) is 0 Å². The smallest absolute Gasteiger partial charge is 0.207 e. The van der Waals surface area contributed by atoms with Crippen molar-refractivity contribution in [3.8, 4) is 0 Å². The van der Waals surface area contributed by atoms with E-state index in [2.05, 4.69) is 4.72 Å². The van der Waals surface area contributed by atoms with Crippen molar-refractivity contribution in [2.75, 3.05) is 0 Å². The second-order valence-electron chi connectivity index (χ2n) is 5.03. The maximum Gasteiger partial charge on any atom is 0.244 e. The van der Waals surface area contributed by atoms with Crippen LogP contribution in [0.3, 0.4) is 0 Å². The summed E-state index contributed by atoms with van der Waals surface area (Å²) in [7, 11) is -3.90. The Morgan fingerprint density at radius 1 is 0.875 bits per heavy atom. The number of nitrogens with one attached hydrogen (secondary N) is 1. The first kappa shape index (κ1) is 17.5. The number of thiophene rings is 1. The van der Waals surface area contributed by atoms with Crippen LogP contribution in [-0.4, -0.2) is 8.42 Å². The summed E-state index contributed by atoms with van der Waals surface area (Å²) in [6, 6.07) is 17.2. The molecule has 0 spiro atoms. The molecule has 3 nitrogen and oxygen atoms in total. The molecule has 1 heterocycles. The van der Waals surface area contributed by atoms with Gasteiger partial charge in [0.2, 0.25) is 10.0 Å². The van der Waals surface area contributed by atoms with Gasteiger partial charge in [0.05, 0.1) is 16.1 Å². The number of halogens is 2. The molecule has 124 valence electrons. The summed E-state index contributed by atoms with van der Waals surface area (Å²) in [5.41, 5.74) is 0.840. The predicted octanol–water partition coefficient (Wildman–Crippen LogP) is 5.12. The quantitative estimate of drug-likeness (QED) is 0.648. The van der Waals surface area contributed by atoms with Crippen LogP contribution < -0.4 is 4.72 Å². The average Bonchev–Trinajstić information content (AvgIpc) is 3.07. The Labute approximate surface area is 154 Å². The summed E-state index contributed by atoms with van der Waals surface area (Å²) >= 11 is 13.6. The molecule has 1 N–H and O–H groups in total. The van der Waals surface area contributed by atoms with E-state index in [1.165, 1.54) is 23.5 Å². The highest BCUT2D eigenvalue weighted by molar-refractivity contribution is 7.89. The zero-order chi connectivity index (χ0) is 17.2. The van der Waals surface area contributed by atoms with Gasteiger partial charge in [0.25, 0.3) is 0 Å². The third kappa shape index (κ3) is 3.66. The van der Waals surface area contributed by atoms with Gasteiger partial charge >= 0.3 is 0 Å². The topological polar surface area (TPSA) is 46.2 Å². The Bertz CT molecular complexity index is 906. The van der Waals surface area contributed by atoms with Crippen LogP contribution in [0.5, 0.6) is 0 Å². The molecule has 0 bridgehead atoms. The molecule has 0 saturated carbocycles. The van der Waals surface area contributed by atoms with Gasteiger partial charge in [-0.05, 0) is 29.1 Å². The van der Waals surface area contributed by atoms with E-state index in [4.69, 9.17) is 23.2 Å². The summed E-state index contributed by atoms with van der Waals surface area (Å²) in [5, 5.41) is 2.09. The summed E-state index contributed by atoms with van der Waals surface area (Å²) in [5.74, 6) is 0. The Morgan fingerprint density at radius 2 is 1.54 bits per heavy atom. The molecular formula is C17H13Cl2NO2S2. The van der Waals surface area contributed by atoms with E-state index in [9.17, 15) is 8.42 Å². The minimum atomic E-state index is -3.90. The van der Waals surface area contributed by atoms with Crippen LogP contribution in [0.25, 0.3) is 0 Å². The van der Waals surface area contributed by atoms with Crippen LogP contribution in [0.2, 0.25) is 10.0 Å². The van der Waals surface area contributed by atoms with Gasteiger partial charge in [-0.1, -0.05) is 65.7 Å². The van der Waals surface area contributed by atoms with Crippen LogP contribution in [0.4, 0.5) is 0 Å². The van der Waals surface area contributed by atoms with Gasteiger partial charge in [0, 0.05) is 4.88 Å². The van der Waals surface area contributed by atoms with Gasteiger partial charge in [0.15, 0.2) is 0 Å². The molecule has 0 amide bonds. The van der Waals surface area contributed by atoms with E-state index >= 15 is 0 Å². The summed E-state index contributed by atoms with van der Waals surface area (Å²) in [6.07, 6.45) is 0. The summed E-state index contributed by atoms with van der Waals surface area (Å²) in [6.45, 7) is 0. The Hall–Kier alpha value is -1.37. The third-order valence-corrected chi connectivity index (χ3v) is 6.74. The summed E-state index contributed by atoms with van der Waals surface area (Å²) in [4.78, 5) is 0.777. The first-order chi connectivity index (χ1) is 11.5. The van der Waals surface area contributed by atoms with Gasteiger partial charge in [0.1, 0.15) is 4.90 Å². The van der Waals surface area contributed by atoms with E-state index in [0.29, 0.717) is 0 Å². The van der Waals surface area contributed by atoms with Gasteiger partial charge in [-0.2, -0.15) is 4.72 Å². The minimum absolute atomic E-state index is 0.0907. The van der Waals surface area contributed by atoms with Crippen molar-refractivity contribution in [1.29, 1.82) is 0 Å². The molecule has 0 fully saturated rings. The second-order valence-corrected chi connectivity index (χ2v) is 8.48. The first-order valence-electron chi connectivity index (χ1n) is 7.04. The molecule has 0 aliphatic carbocycles. The maximum atomic E-state index is 12.9. The standard InChI is InChI=1S/C17H13Cl2NO2S2/c18-13-8-4-9-14(19)17(13)24(21,22)20-16(15-10-5-11-23-15)12-6-2-1-3-7-12/h1-11,16,20H. The highest BCUT2D eigenvalue weighted by atomic mass is 35.5. The molecule has 0 radical (unpaired) electrons. The molecule has 1 aromatic heterocycles. The third-order valence-electron chi connectivity index (χ3n) is 3.42. The lowest BCUT2D eigenvalue weighted by Gasteiger charge is -2.19. The number of sulfonamides is 1. The van der Waals surface area contributed by atoms with Crippen molar-refractivity contribution in [3.05, 3.63) is 86.5 Å². The van der Waals surface area contributed by atoms with Crippen LogP contribution in [0.1, 0.15) is 16.5 Å². The van der Waals surface area contributed by atoms with Crippen molar-refractivity contribution in [2.24, 2.45) is 0 Å². The van der Waals surface area contributed by atoms with E-state index in [1.54, 1.807) is 6.07 Å². The van der Waals surface area contributed by atoms with E-state index in [0.717, 1.165) is 10.4 Å². The normalized spacial score (nSPS) is 12.9. The second kappa shape index (κ2) is 7.25. The van der Waals surface area contributed by atoms with E-state index in [-0.39, 0.29) is 14.9 Å². The van der Waals surface area contributed by atoms with Gasteiger partial charge in [-0.15, -0.1) is 11.3 Å². The molecule has 7 heteroatoms. The zero-order valence-electron chi connectivity index (χ0n) is 12.3. The molecule has 24 heavy (non-hydrogen) atoms. The Kier molecular flexibility index (Phi) is 5.27. The van der Waals surface area contributed by atoms with Gasteiger partial charge in [-0.25, -0.2) is 8.42 Å². The number of hydrogen-bond donors (Lipinski definition) is 1. The van der Waals surface area contributed by atoms with Crippen molar-refractivity contribution < 1.29 is 8.42 Å². The molecule has 3 rings (SSSR count). The molecule has 1 unspecified atom stereocenters. The Balaban J connectivity index is 2.05. The molecule has 0 aliphatic rings. The maximum absolute atomic E-state index is 12.9. The van der Waals surface area contributed by atoms with Crippen LogP contribution in [-0.2, 0) is 10.0 Å². The van der Waals surface area contributed by atoms with Crippen molar-refractivity contribution in [3.63, 3.8) is 0 Å². The van der Waals surface area contributed by atoms with Gasteiger partial charge in [-0.3, -0.25) is 0 Å². The lowest BCUT2D eigenvalue weighted by Crippen LogP contribution is -2.29. The van der Waals surface area contributed by atoms with Gasteiger partial charge < -0.3 is 0 Å². The van der Waals surface area contributed by atoms with Crippen LogP contribution in [0.15, 0.2) is 70.9 Å². The van der Waals surface area contributed by atoms with E-state index < -0.39 is 16.1 Å². The fourth-order valence-electron chi connectivity index (χ4n) is 2.34. The molecular weight excluding hydrogens is 385 g/mol. The minimum Gasteiger partial charge on any atom is -0.207 e. The lowest BCUT2D eigenvalue weighted by molar-refractivity contribution is 0.573. The van der Waals surface area contributed by atoms with Crippen LogP contribution >= 0.6 is 34.5 Å². The summed E-state index contributed by atoms with van der Waals surface area (Å²) < 4.78 is 28.5. The Morgan fingerprint density at radius 3 is 2.12 bits per heavy atom. The molecule has 2 aromatic carbocycles. The van der Waals surface area contributed by atoms with E-state index in [1.807, 2.05) is 47.8 Å². The molecule has 3 aromatic rings. The van der Waals surface area contributed by atoms with Crippen molar-refractivity contribution in [1.82, 2.24) is 4.72 Å². The number of benzene rings is 2. The lowest BCUT2D eigenvalue weighted by atomic mass is 10.1. The fraction of sp³-hybridized carbons (Fsp3) is 0.0588. The zero-order valence-corrected chi connectivity index (χ0v) is 15.5. The predicted molar refractivity (Wildman–Crippen MR) is 99.4 cm³/mol. The largest absolute Gasteiger partial charge is 0.244 e. The highest BCUT2D eigenvalue weighted by Crippen LogP contribution is 2.32. The highest BCUT2D eigenvalue weighted by Gasteiger charge is 2.27. The number of hydrogen-bond acceptors (Lipinski definition) is 3. The molecule has 1 atom stereocenters. The SMILES string of the molecule is O=S(=O)(NC(c1ccccc1)c1cccs1)c1c(Cl)cccc1Cl. The average molecular weight is 398 g/mol. The monoisotopic (exact) mass is 397 g/mol.